The van der Waals surface area contributed by atoms with Gasteiger partial charge in [-0.1, -0.05) is 6.92 Å². The van der Waals surface area contributed by atoms with E-state index >= 15 is 0 Å². The van der Waals surface area contributed by atoms with Gasteiger partial charge in [-0.15, -0.1) is 0 Å². The topological polar surface area (TPSA) is 47.9 Å². The van der Waals surface area contributed by atoms with Gasteiger partial charge in [-0.05, 0) is 19.8 Å². The second-order valence-corrected chi connectivity index (χ2v) is 4.29. The standard InChI is InChI=1S/C10H15NO3/c1-6-7(8(12)13-3)11-9(14-6)10(2)4-5-10/h6-7H,4-5H2,1-3H3/t6-,7+/m1/s1. The monoisotopic (exact) mass is 197 g/mol. The molecule has 0 N–H and O–H groups in total. The van der Waals surface area contributed by atoms with Crippen LogP contribution in [-0.2, 0) is 14.3 Å². The Kier molecular flexibility index (Phi) is 2.01. The van der Waals surface area contributed by atoms with Crippen LogP contribution in [0.1, 0.15) is 26.7 Å². The molecule has 0 amide bonds. The van der Waals surface area contributed by atoms with Crippen molar-refractivity contribution >= 4 is 11.9 Å². The molecule has 0 unspecified atom stereocenters. The van der Waals surface area contributed by atoms with Gasteiger partial charge in [0.15, 0.2) is 11.9 Å². The SMILES string of the molecule is COC(=O)[C@H]1N=C(C2(C)CC2)O[C@@H]1C. The number of nitrogens with zero attached hydrogens (tertiary/aromatic N) is 1. The zero-order chi connectivity index (χ0) is 10.3. The Labute approximate surface area is 83.3 Å². The molecule has 78 valence electrons. The predicted molar refractivity (Wildman–Crippen MR) is 51.1 cm³/mol. The molecule has 0 aromatic heterocycles. The number of aliphatic imine (C=N–C) groups is 1. The van der Waals surface area contributed by atoms with Gasteiger partial charge in [0.2, 0.25) is 0 Å². The second-order valence-electron chi connectivity index (χ2n) is 4.29. The fourth-order valence-corrected chi connectivity index (χ4v) is 1.57. The smallest absolute Gasteiger partial charge is 0.334 e. The van der Waals surface area contributed by atoms with Crippen LogP contribution < -0.4 is 0 Å². The lowest BCUT2D eigenvalue weighted by Gasteiger charge is -2.11. The summed E-state index contributed by atoms with van der Waals surface area (Å²) in [5, 5.41) is 0. The molecule has 1 saturated carbocycles. The summed E-state index contributed by atoms with van der Waals surface area (Å²) in [7, 11) is 1.38. The first-order valence-electron chi connectivity index (χ1n) is 4.89. The molecular formula is C10H15NO3. The molecular weight excluding hydrogens is 182 g/mol. The molecule has 0 aromatic rings. The highest BCUT2D eigenvalue weighted by atomic mass is 16.5. The Balaban J connectivity index is 2.13. The molecule has 2 atom stereocenters. The average Bonchev–Trinajstić information content (AvgIpc) is 2.78. The molecule has 1 fully saturated rings. The number of rotatable bonds is 2. The maximum atomic E-state index is 11.3. The molecule has 1 heterocycles. The maximum Gasteiger partial charge on any atom is 0.334 e. The van der Waals surface area contributed by atoms with Gasteiger partial charge in [0, 0.05) is 5.41 Å². The summed E-state index contributed by atoms with van der Waals surface area (Å²) in [5.41, 5.74) is 0.0943. The third kappa shape index (κ3) is 1.38. The van der Waals surface area contributed by atoms with Crippen LogP contribution in [0, 0.1) is 5.41 Å². The van der Waals surface area contributed by atoms with E-state index in [1.54, 1.807) is 0 Å². The minimum absolute atomic E-state index is 0.0943. The molecule has 2 rings (SSSR count). The number of ether oxygens (including phenoxy) is 2. The molecule has 0 spiro atoms. The first-order chi connectivity index (χ1) is 6.57. The van der Waals surface area contributed by atoms with Crippen molar-refractivity contribution in [2.24, 2.45) is 10.4 Å². The van der Waals surface area contributed by atoms with E-state index in [2.05, 4.69) is 16.7 Å². The van der Waals surface area contributed by atoms with Gasteiger partial charge in [0.05, 0.1) is 7.11 Å². The number of methoxy groups -OCH3 is 1. The summed E-state index contributed by atoms with van der Waals surface area (Å²) in [6.45, 7) is 3.96. The van der Waals surface area contributed by atoms with Crippen molar-refractivity contribution in [3.8, 4) is 0 Å². The molecule has 1 aliphatic carbocycles. The number of esters is 1. The number of carbonyl (C=O) groups excluding carboxylic acids is 1. The molecule has 14 heavy (non-hydrogen) atoms. The predicted octanol–water partition coefficient (Wildman–Crippen LogP) is 1.15. The van der Waals surface area contributed by atoms with Crippen molar-refractivity contribution in [2.75, 3.05) is 7.11 Å². The summed E-state index contributed by atoms with van der Waals surface area (Å²) in [4.78, 5) is 15.6. The average molecular weight is 197 g/mol. The van der Waals surface area contributed by atoms with E-state index in [9.17, 15) is 4.79 Å². The Bertz CT molecular complexity index is 294. The van der Waals surface area contributed by atoms with Crippen LogP contribution in [0.25, 0.3) is 0 Å². The lowest BCUT2D eigenvalue weighted by molar-refractivity contribution is -0.143. The van der Waals surface area contributed by atoms with Gasteiger partial charge in [0.25, 0.3) is 0 Å². The molecule has 4 nitrogen and oxygen atoms in total. The Hall–Kier alpha value is -1.06. The quantitative estimate of drug-likeness (QED) is 0.624. The number of carbonyl (C=O) groups is 1. The van der Waals surface area contributed by atoms with E-state index in [0.29, 0.717) is 0 Å². The molecule has 0 aromatic carbocycles. The van der Waals surface area contributed by atoms with Crippen LogP contribution in [0.4, 0.5) is 0 Å². The molecule has 0 saturated heterocycles. The van der Waals surface area contributed by atoms with Gasteiger partial charge >= 0.3 is 5.97 Å². The minimum Gasteiger partial charge on any atom is -0.475 e. The highest BCUT2D eigenvalue weighted by molar-refractivity contribution is 5.91. The first kappa shape index (κ1) is 9.49. The summed E-state index contributed by atoms with van der Waals surface area (Å²) in [5.74, 6) is 0.428. The van der Waals surface area contributed by atoms with Crippen molar-refractivity contribution < 1.29 is 14.3 Å². The van der Waals surface area contributed by atoms with Crippen LogP contribution in [0.15, 0.2) is 4.99 Å². The lowest BCUT2D eigenvalue weighted by atomic mass is 10.1. The van der Waals surface area contributed by atoms with Crippen LogP contribution in [-0.4, -0.2) is 31.1 Å². The second kappa shape index (κ2) is 2.97. The highest BCUT2D eigenvalue weighted by Gasteiger charge is 2.49. The Morgan fingerprint density at radius 3 is 2.79 bits per heavy atom. The van der Waals surface area contributed by atoms with E-state index in [-0.39, 0.29) is 17.5 Å². The first-order valence-corrected chi connectivity index (χ1v) is 4.89. The summed E-state index contributed by atoms with van der Waals surface area (Å²) >= 11 is 0. The van der Waals surface area contributed by atoms with E-state index in [0.717, 1.165) is 18.7 Å². The van der Waals surface area contributed by atoms with Crippen LogP contribution in [0.5, 0.6) is 0 Å². The van der Waals surface area contributed by atoms with Gasteiger partial charge in [-0.3, -0.25) is 0 Å². The Morgan fingerprint density at radius 1 is 1.64 bits per heavy atom. The van der Waals surface area contributed by atoms with Gasteiger partial charge in [-0.2, -0.15) is 0 Å². The molecule has 1 aliphatic heterocycles. The highest BCUT2D eigenvalue weighted by Crippen LogP contribution is 2.48. The van der Waals surface area contributed by atoms with Crippen LogP contribution in [0.2, 0.25) is 0 Å². The fraction of sp³-hybridized carbons (Fsp3) is 0.800. The third-order valence-electron chi connectivity index (χ3n) is 2.96. The number of hydrogen-bond donors (Lipinski definition) is 0. The van der Waals surface area contributed by atoms with Gasteiger partial charge in [-0.25, -0.2) is 9.79 Å². The van der Waals surface area contributed by atoms with Crippen molar-refractivity contribution in [1.29, 1.82) is 0 Å². The van der Waals surface area contributed by atoms with Gasteiger partial charge in [0.1, 0.15) is 6.10 Å². The minimum atomic E-state index is -0.465. The third-order valence-corrected chi connectivity index (χ3v) is 2.96. The summed E-state index contributed by atoms with van der Waals surface area (Å²) < 4.78 is 10.2. The van der Waals surface area contributed by atoms with Crippen molar-refractivity contribution in [2.45, 2.75) is 38.8 Å². The molecule has 2 aliphatic rings. The Morgan fingerprint density at radius 2 is 2.29 bits per heavy atom. The lowest BCUT2D eigenvalue weighted by Crippen LogP contribution is -2.28. The zero-order valence-electron chi connectivity index (χ0n) is 8.74. The summed E-state index contributed by atoms with van der Waals surface area (Å²) in [6, 6.07) is -0.465. The zero-order valence-corrected chi connectivity index (χ0v) is 8.74. The van der Waals surface area contributed by atoms with Crippen molar-refractivity contribution in [3.63, 3.8) is 0 Å². The van der Waals surface area contributed by atoms with E-state index in [4.69, 9.17) is 4.74 Å². The van der Waals surface area contributed by atoms with Crippen LogP contribution >= 0.6 is 0 Å². The largest absolute Gasteiger partial charge is 0.475 e. The number of hydrogen-bond acceptors (Lipinski definition) is 4. The summed E-state index contributed by atoms with van der Waals surface area (Å²) in [6.07, 6.45) is 2.02. The maximum absolute atomic E-state index is 11.3. The van der Waals surface area contributed by atoms with E-state index in [1.807, 2.05) is 6.92 Å². The van der Waals surface area contributed by atoms with Crippen molar-refractivity contribution in [1.82, 2.24) is 0 Å². The molecule has 4 heteroatoms. The molecule has 0 radical (unpaired) electrons. The fourth-order valence-electron chi connectivity index (χ4n) is 1.57. The van der Waals surface area contributed by atoms with Crippen LogP contribution in [0.3, 0.4) is 0 Å². The van der Waals surface area contributed by atoms with Gasteiger partial charge < -0.3 is 9.47 Å². The molecule has 0 bridgehead atoms. The van der Waals surface area contributed by atoms with E-state index < -0.39 is 6.04 Å². The van der Waals surface area contributed by atoms with E-state index in [1.165, 1.54) is 7.11 Å². The normalized spacial score (nSPS) is 33.2. The van der Waals surface area contributed by atoms with Crippen molar-refractivity contribution in [3.05, 3.63) is 0 Å².